The molecule has 0 unspecified atom stereocenters. The molecule has 0 aromatic heterocycles. The van der Waals surface area contributed by atoms with Crippen LogP contribution in [-0.4, -0.2) is 11.2 Å². The summed E-state index contributed by atoms with van der Waals surface area (Å²) >= 11 is 0. The first kappa shape index (κ1) is 4.33. The molecule has 3 atom stereocenters. The Balaban J connectivity index is 2.29. The van der Waals surface area contributed by atoms with Gasteiger partial charge in [-0.2, -0.15) is 0 Å². The number of allylic oxidation sites excluding steroid dienone is 1. The Morgan fingerprint density at radius 2 is 2.25 bits per heavy atom. The molecule has 8 heavy (non-hydrogen) atoms. The Labute approximate surface area is 48.3 Å². The smallest absolute Gasteiger partial charge is 0.0795 e. The van der Waals surface area contributed by atoms with Gasteiger partial charge in [-0.1, -0.05) is 24.3 Å². The van der Waals surface area contributed by atoms with Crippen molar-refractivity contribution in [2.24, 2.45) is 11.8 Å². The third-order valence-electron chi connectivity index (χ3n) is 2.02. The van der Waals surface area contributed by atoms with E-state index in [1.54, 1.807) is 0 Å². The van der Waals surface area contributed by atoms with Crippen LogP contribution in [0.1, 0.15) is 0 Å². The molecule has 1 heteroatoms. The quantitative estimate of drug-likeness (QED) is 0.453. The summed E-state index contributed by atoms with van der Waals surface area (Å²) in [4.78, 5) is 0. The number of rotatable bonds is 0. The van der Waals surface area contributed by atoms with Crippen LogP contribution in [0.3, 0.4) is 0 Å². The summed E-state index contributed by atoms with van der Waals surface area (Å²) in [7, 11) is 0. The van der Waals surface area contributed by atoms with E-state index in [1.807, 2.05) is 12.2 Å². The zero-order valence-electron chi connectivity index (χ0n) is 4.54. The first-order valence-corrected chi connectivity index (χ1v) is 2.86. The topological polar surface area (TPSA) is 20.2 Å². The molecule has 0 radical (unpaired) electrons. The highest BCUT2D eigenvalue weighted by Gasteiger charge is 2.47. The molecule has 0 aliphatic heterocycles. The van der Waals surface area contributed by atoms with E-state index in [1.165, 1.54) is 5.57 Å². The molecule has 0 spiro atoms. The van der Waals surface area contributed by atoms with Crippen molar-refractivity contribution >= 4 is 0 Å². The molecule has 1 N–H and O–H groups in total. The highest BCUT2D eigenvalue weighted by molar-refractivity contribution is 5.40. The summed E-state index contributed by atoms with van der Waals surface area (Å²) in [6.07, 6.45) is 3.68. The number of aliphatic hydroxyl groups is 1. The van der Waals surface area contributed by atoms with E-state index in [0.717, 1.165) is 0 Å². The maximum absolute atomic E-state index is 9.06. The summed E-state index contributed by atoms with van der Waals surface area (Å²) in [6, 6.07) is 0. The van der Waals surface area contributed by atoms with E-state index in [4.69, 9.17) is 5.11 Å². The molecule has 1 fully saturated rings. The molecule has 0 heterocycles. The molecular weight excluding hydrogens is 100 g/mol. The second kappa shape index (κ2) is 1.06. The van der Waals surface area contributed by atoms with Crippen molar-refractivity contribution in [1.29, 1.82) is 0 Å². The van der Waals surface area contributed by atoms with Crippen molar-refractivity contribution < 1.29 is 5.11 Å². The van der Waals surface area contributed by atoms with Gasteiger partial charge in [-0.3, -0.25) is 0 Å². The molecular formula is C7H8O. The van der Waals surface area contributed by atoms with Crippen molar-refractivity contribution in [2.45, 2.75) is 6.10 Å². The van der Waals surface area contributed by atoms with Gasteiger partial charge in [-0.05, 0) is 0 Å². The van der Waals surface area contributed by atoms with Gasteiger partial charge in [0.05, 0.1) is 6.10 Å². The van der Waals surface area contributed by atoms with Crippen LogP contribution < -0.4 is 0 Å². The number of hydrogen-bond acceptors (Lipinski definition) is 1. The molecule has 2 rings (SSSR count). The van der Waals surface area contributed by atoms with Gasteiger partial charge < -0.3 is 5.11 Å². The highest BCUT2D eigenvalue weighted by atomic mass is 16.3. The Bertz CT molecular complexity index is 169. The summed E-state index contributed by atoms with van der Waals surface area (Å²) < 4.78 is 0. The average Bonchev–Trinajstić information content (AvgIpc) is 2.13. The van der Waals surface area contributed by atoms with E-state index in [2.05, 4.69) is 6.58 Å². The van der Waals surface area contributed by atoms with Gasteiger partial charge in [0.1, 0.15) is 0 Å². The minimum Gasteiger partial charge on any atom is -0.388 e. The fraction of sp³-hybridized carbons (Fsp3) is 0.429. The van der Waals surface area contributed by atoms with E-state index in [-0.39, 0.29) is 6.10 Å². The van der Waals surface area contributed by atoms with Crippen LogP contribution in [0.15, 0.2) is 24.3 Å². The summed E-state index contributed by atoms with van der Waals surface area (Å²) in [6.45, 7) is 3.79. The first-order chi connectivity index (χ1) is 3.80. The van der Waals surface area contributed by atoms with Crippen molar-refractivity contribution in [3.8, 4) is 0 Å². The molecule has 2 aliphatic rings. The van der Waals surface area contributed by atoms with Crippen molar-refractivity contribution in [1.82, 2.24) is 0 Å². The van der Waals surface area contributed by atoms with Gasteiger partial charge in [0, 0.05) is 11.8 Å². The monoisotopic (exact) mass is 108 g/mol. The van der Waals surface area contributed by atoms with Crippen LogP contribution in [0.5, 0.6) is 0 Å². The normalized spacial score (nSPS) is 49.6. The van der Waals surface area contributed by atoms with Crippen LogP contribution >= 0.6 is 0 Å². The minimum absolute atomic E-state index is 0.215. The highest BCUT2D eigenvalue weighted by Crippen LogP contribution is 2.51. The minimum atomic E-state index is -0.215. The molecule has 0 bridgehead atoms. The van der Waals surface area contributed by atoms with Crippen LogP contribution in [0, 0.1) is 11.8 Å². The number of hydrogen-bond donors (Lipinski definition) is 1. The van der Waals surface area contributed by atoms with Crippen LogP contribution in [0.4, 0.5) is 0 Å². The second-order valence-corrected chi connectivity index (χ2v) is 2.50. The van der Waals surface area contributed by atoms with Crippen LogP contribution in [-0.2, 0) is 0 Å². The Hall–Kier alpha value is -0.560. The fourth-order valence-electron chi connectivity index (χ4n) is 1.39. The second-order valence-electron chi connectivity index (χ2n) is 2.50. The summed E-state index contributed by atoms with van der Waals surface area (Å²) in [5, 5.41) is 9.06. The molecule has 0 aromatic carbocycles. The van der Waals surface area contributed by atoms with Gasteiger partial charge >= 0.3 is 0 Å². The summed E-state index contributed by atoms with van der Waals surface area (Å²) in [5.74, 6) is 0.931. The lowest BCUT2D eigenvalue weighted by molar-refractivity contribution is 0.208. The van der Waals surface area contributed by atoms with Crippen LogP contribution in [0.25, 0.3) is 0 Å². The van der Waals surface area contributed by atoms with Gasteiger partial charge in [-0.15, -0.1) is 0 Å². The van der Waals surface area contributed by atoms with E-state index < -0.39 is 0 Å². The zero-order chi connectivity index (χ0) is 5.72. The number of fused-ring (bicyclic) bond motifs is 1. The predicted octanol–water partition coefficient (Wildman–Crippen LogP) is 0.719. The molecule has 0 aromatic rings. The number of aliphatic hydroxyl groups excluding tert-OH is 1. The van der Waals surface area contributed by atoms with Crippen molar-refractivity contribution in [2.75, 3.05) is 0 Å². The standard InChI is InChI=1S/C7H8O/c1-4-5-2-3-6(8)7(4)5/h2-3,5-8H,1H2/t5-,6+,7+/m1/s1. The lowest BCUT2D eigenvalue weighted by Gasteiger charge is -1.94. The van der Waals surface area contributed by atoms with Gasteiger partial charge in [0.15, 0.2) is 0 Å². The third kappa shape index (κ3) is 0.315. The van der Waals surface area contributed by atoms with Crippen LogP contribution in [0.2, 0.25) is 0 Å². The van der Waals surface area contributed by atoms with Gasteiger partial charge in [-0.25, -0.2) is 0 Å². The lowest BCUT2D eigenvalue weighted by Crippen LogP contribution is -2.01. The van der Waals surface area contributed by atoms with E-state index >= 15 is 0 Å². The Kier molecular flexibility index (Phi) is 0.571. The molecule has 0 saturated heterocycles. The Morgan fingerprint density at radius 1 is 1.50 bits per heavy atom. The first-order valence-electron chi connectivity index (χ1n) is 2.86. The van der Waals surface area contributed by atoms with Gasteiger partial charge in [0.25, 0.3) is 0 Å². The lowest BCUT2D eigenvalue weighted by atomic mass is 10.2. The van der Waals surface area contributed by atoms with Gasteiger partial charge in [0.2, 0.25) is 0 Å². The Morgan fingerprint density at radius 3 is 2.50 bits per heavy atom. The summed E-state index contributed by atoms with van der Waals surface area (Å²) in [5.41, 5.74) is 1.21. The maximum atomic E-state index is 9.06. The largest absolute Gasteiger partial charge is 0.388 e. The SMILES string of the molecule is C=C1[C@H]2[C@@H]1C=C[C@@H]2O. The van der Waals surface area contributed by atoms with E-state index in [0.29, 0.717) is 11.8 Å². The molecule has 1 nitrogen and oxygen atoms in total. The van der Waals surface area contributed by atoms with Crippen molar-refractivity contribution in [3.05, 3.63) is 24.3 Å². The fourth-order valence-corrected chi connectivity index (χ4v) is 1.39. The molecule has 2 aliphatic carbocycles. The third-order valence-corrected chi connectivity index (χ3v) is 2.02. The predicted molar refractivity (Wildman–Crippen MR) is 31.3 cm³/mol. The molecule has 1 saturated carbocycles. The average molecular weight is 108 g/mol. The maximum Gasteiger partial charge on any atom is 0.0795 e. The molecule has 42 valence electrons. The zero-order valence-corrected chi connectivity index (χ0v) is 4.54. The molecule has 0 amide bonds. The van der Waals surface area contributed by atoms with E-state index in [9.17, 15) is 0 Å². The van der Waals surface area contributed by atoms with Crippen molar-refractivity contribution in [3.63, 3.8) is 0 Å².